The molecule has 110 valence electrons. The maximum Gasteiger partial charge on any atom is 0.263 e. The van der Waals surface area contributed by atoms with Crippen molar-refractivity contribution in [3.05, 3.63) is 24.3 Å². The van der Waals surface area contributed by atoms with Gasteiger partial charge in [-0.15, -0.1) is 0 Å². The molecule has 0 unspecified atom stereocenters. The number of thioether (sulfide) groups is 1. The number of anilines is 1. The van der Waals surface area contributed by atoms with Crippen molar-refractivity contribution >= 4 is 38.5 Å². The lowest BCUT2D eigenvalue weighted by atomic mass is 10.3. The molecule has 0 atom stereocenters. The molecule has 0 fully saturated rings. The molecule has 1 aliphatic rings. The van der Waals surface area contributed by atoms with Crippen LogP contribution < -0.4 is 10.0 Å². The topological polar surface area (TPSA) is 111 Å². The Morgan fingerprint density at radius 1 is 1.38 bits per heavy atom. The van der Waals surface area contributed by atoms with Gasteiger partial charge in [0.15, 0.2) is 5.17 Å². The number of amides is 1. The van der Waals surface area contributed by atoms with Gasteiger partial charge in [-0.25, -0.2) is 8.42 Å². The van der Waals surface area contributed by atoms with E-state index < -0.39 is 15.9 Å². The fraction of sp³-hybridized carbons (Fsp3) is 0.250. The van der Waals surface area contributed by atoms with Gasteiger partial charge in [-0.1, -0.05) is 11.8 Å². The van der Waals surface area contributed by atoms with Gasteiger partial charge in [0, 0.05) is 11.4 Å². The zero-order valence-corrected chi connectivity index (χ0v) is 12.5. The molecule has 1 aliphatic heterocycles. The van der Waals surface area contributed by atoms with E-state index in [0.29, 0.717) is 17.4 Å². The second-order valence-corrected chi connectivity index (χ2v) is 6.81. The summed E-state index contributed by atoms with van der Waals surface area (Å²) in [7, 11) is -3.67. The van der Waals surface area contributed by atoms with E-state index >= 15 is 0 Å². The van der Waals surface area contributed by atoms with Crippen molar-refractivity contribution in [2.45, 2.75) is 11.3 Å². The van der Waals surface area contributed by atoms with Crippen LogP contribution in [0.5, 0.6) is 0 Å². The summed E-state index contributed by atoms with van der Waals surface area (Å²) >= 11 is 1.35. The average Bonchev–Trinajstić information content (AvgIpc) is 2.91. The van der Waals surface area contributed by atoms with E-state index in [-0.39, 0.29) is 11.3 Å². The molecule has 0 radical (unpaired) electrons. The van der Waals surface area contributed by atoms with E-state index in [1.807, 2.05) is 0 Å². The summed E-state index contributed by atoms with van der Waals surface area (Å²) in [6, 6.07) is 7.42. The number of nitrogens with one attached hydrogen (secondary N) is 2. The van der Waals surface area contributed by atoms with Gasteiger partial charge in [-0.3, -0.25) is 14.5 Å². The van der Waals surface area contributed by atoms with Gasteiger partial charge in [0.1, 0.15) is 6.42 Å². The van der Waals surface area contributed by atoms with Crippen molar-refractivity contribution in [1.82, 2.24) is 4.72 Å². The molecule has 1 aromatic rings. The molecule has 21 heavy (non-hydrogen) atoms. The Balaban J connectivity index is 2.07. The SMILES string of the molecule is N#CCC(=O)Nc1ccc(S(=O)(=O)NC2=NCCS2)cc1. The van der Waals surface area contributed by atoms with Crippen LogP contribution in [0.2, 0.25) is 0 Å². The van der Waals surface area contributed by atoms with Gasteiger partial charge in [0.2, 0.25) is 5.91 Å². The number of carbonyl (C=O) groups excluding carboxylic acids is 1. The van der Waals surface area contributed by atoms with E-state index in [2.05, 4.69) is 15.0 Å². The molecule has 0 saturated heterocycles. The van der Waals surface area contributed by atoms with Crippen LogP contribution in [0.1, 0.15) is 6.42 Å². The second kappa shape index (κ2) is 6.60. The largest absolute Gasteiger partial charge is 0.325 e. The lowest BCUT2D eigenvalue weighted by molar-refractivity contribution is -0.115. The zero-order chi connectivity index (χ0) is 15.3. The molecule has 1 amide bonds. The Kier molecular flexibility index (Phi) is 4.82. The van der Waals surface area contributed by atoms with Crippen LogP contribution in [0, 0.1) is 11.3 Å². The molecular formula is C12H12N4O3S2. The first-order valence-electron chi connectivity index (χ1n) is 5.98. The third kappa shape index (κ3) is 4.21. The summed E-state index contributed by atoms with van der Waals surface area (Å²) in [6.07, 6.45) is -0.251. The van der Waals surface area contributed by atoms with Gasteiger partial charge in [-0.05, 0) is 24.3 Å². The summed E-state index contributed by atoms with van der Waals surface area (Å²) in [5.74, 6) is 0.324. The molecule has 1 heterocycles. The van der Waals surface area contributed by atoms with Crippen LogP contribution in [0.3, 0.4) is 0 Å². The smallest absolute Gasteiger partial charge is 0.263 e. The zero-order valence-electron chi connectivity index (χ0n) is 10.9. The molecule has 2 N–H and O–H groups in total. The summed E-state index contributed by atoms with van der Waals surface area (Å²) in [5, 5.41) is 11.3. The normalized spacial score (nSPS) is 14.1. The first kappa shape index (κ1) is 15.3. The van der Waals surface area contributed by atoms with Gasteiger partial charge in [-0.2, -0.15) is 5.26 Å². The van der Waals surface area contributed by atoms with Crippen LogP contribution in [-0.4, -0.2) is 31.8 Å². The molecule has 0 spiro atoms. The molecular weight excluding hydrogens is 312 g/mol. The van der Waals surface area contributed by atoms with Gasteiger partial charge in [0.05, 0.1) is 17.5 Å². The first-order valence-corrected chi connectivity index (χ1v) is 8.45. The Hall–Kier alpha value is -2.05. The molecule has 0 bridgehead atoms. The van der Waals surface area contributed by atoms with Crippen molar-refractivity contribution in [3.8, 4) is 6.07 Å². The second-order valence-electron chi connectivity index (χ2n) is 4.05. The number of hydrogen-bond acceptors (Lipinski definition) is 6. The summed E-state index contributed by atoms with van der Waals surface area (Å²) in [4.78, 5) is 15.3. The Morgan fingerprint density at radius 3 is 2.67 bits per heavy atom. The Labute approximate surface area is 126 Å². The fourth-order valence-corrected chi connectivity index (χ4v) is 3.60. The minimum atomic E-state index is -3.67. The van der Waals surface area contributed by atoms with E-state index in [4.69, 9.17) is 5.26 Å². The van der Waals surface area contributed by atoms with Crippen LogP contribution >= 0.6 is 11.8 Å². The van der Waals surface area contributed by atoms with E-state index in [0.717, 1.165) is 5.75 Å². The van der Waals surface area contributed by atoms with Crippen molar-refractivity contribution in [3.63, 3.8) is 0 Å². The predicted molar refractivity (Wildman–Crippen MR) is 80.4 cm³/mol. The third-order valence-corrected chi connectivity index (χ3v) is 4.87. The molecule has 2 rings (SSSR count). The number of sulfonamides is 1. The molecule has 9 heteroatoms. The number of nitriles is 1. The highest BCUT2D eigenvalue weighted by Gasteiger charge is 2.18. The predicted octanol–water partition coefficient (Wildman–Crippen LogP) is 0.920. The lowest BCUT2D eigenvalue weighted by Crippen LogP contribution is -2.27. The van der Waals surface area contributed by atoms with Crippen molar-refractivity contribution in [2.75, 3.05) is 17.6 Å². The Morgan fingerprint density at radius 2 is 2.10 bits per heavy atom. The number of nitrogens with zero attached hydrogens (tertiary/aromatic N) is 2. The molecule has 0 aromatic heterocycles. The fourth-order valence-electron chi connectivity index (χ4n) is 1.57. The monoisotopic (exact) mass is 324 g/mol. The Bertz CT molecular complexity index is 705. The maximum absolute atomic E-state index is 12.1. The van der Waals surface area contributed by atoms with Crippen molar-refractivity contribution in [1.29, 1.82) is 5.26 Å². The van der Waals surface area contributed by atoms with Crippen LogP contribution in [0.15, 0.2) is 34.2 Å². The average molecular weight is 324 g/mol. The molecule has 7 nitrogen and oxygen atoms in total. The summed E-state index contributed by atoms with van der Waals surface area (Å²) in [5.41, 5.74) is 0.432. The number of rotatable bonds is 4. The summed E-state index contributed by atoms with van der Waals surface area (Å²) in [6.45, 7) is 0.604. The number of hydrogen-bond donors (Lipinski definition) is 2. The first-order chi connectivity index (χ1) is 10.0. The van der Waals surface area contributed by atoms with Gasteiger partial charge >= 0.3 is 0 Å². The van der Waals surface area contributed by atoms with Crippen molar-refractivity contribution < 1.29 is 13.2 Å². The van der Waals surface area contributed by atoms with Crippen LogP contribution in [0.4, 0.5) is 5.69 Å². The lowest BCUT2D eigenvalue weighted by Gasteiger charge is -2.08. The number of carbonyl (C=O) groups is 1. The molecule has 0 aliphatic carbocycles. The minimum Gasteiger partial charge on any atom is -0.325 e. The highest BCUT2D eigenvalue weighted by atomic mass is 32.2. The quantitative estimate of drug-likeness (QED) is 0.855. The minimum absolute atomic E-state index is 0.0796. The van der Waals surface area contributed by atoms with E-state index in [1.54, 1.807) is 6.07 Å². The standard InChI is InChI=1S/C12H12N4O3S2/c13-6-5-11(17)15-9-1-3-10(4-2-9)21(18,19)16-12-14-7-8-20-12/h1-4H,5,7-8H2,(H,14,16)(H,15,17). The third-order valence-electron chi connectivity index (χ3n) is 2.50. The van der Waals surface area contributed by atoms with Gasteiger partial charge < -0.3 is 5.32 Å². The van der Waals surface area contributed by atoms with Gasteiger partial charge in [0.25, 0.3) is 10.0 Å². The van der Waals surface area contributed by atoms with Crippen LogP contribution in [0.25, 0.3) is 0 Å². The number of aliphatic imine (C=N–C) groups is 1. The van der Waals surface area contributed by atoms with E-state index in [9.17, 15) is 13.2 Å². The number of amidine groups is 1. The molecule has 0 saturated carbocycles. The summed E-state index contributed by atoms with van der Waals surface area (Å²) < 4.78 is 26.6. The van der Waals surface area contributed by atoms with E-state index in [1.165, 1.54) is 36.0 Å². The van der Waals surface area contributed by atoms with Crippen molar-refractivity contribution in [2.24, 2.45) is 4.99 Å². The molecule has 1 aromatic carbocycles. The maximum atomic E-state index is 12.1. The highest BCUT2D eigenvalue weighted by molar-refractivity contribution is 8.15. The van der Waals surface area contributed by atoms with Crippen LogP contribution in [-0.2, 0) is 14.8 Å². The highest BCUT2D eigenvalue weighted by Crippen LogP contribution is 2.16. The number of benzene rings is 1.